The highest BCUT2D eigenvalue weighted by atomic mass is 17.2. The van der Waals surface area contributed by atoms with Crippen LogP contribution < -0.4 is 0 Å². The maximum Gasteiger partial charge on any atom is 0.373 e. The first-order valence-corrected chi connectivity index (χ1v) is 9.00. The van der Waals surface area contributed by atoms with Gasteiger partial charge in [0.25, 0.3) is 0 Å². The van der Waals surface area contributed by atoms with Gasteiger partial charge in [-0.15, -0.1) is 0 Å². The van der Waals surface area contributed by atoms with Crippen LogP contribution in [-0.2, 0) is 16.2 Å². The largest absolute Gasteiger partial charge is 0.373 e. The third kappa shape index (κ3) is 9.39. The van der Waals surface area contributed by atoms with Crippen LogP contribution in [0.4, 0.5) is 0 Å². The fraction of sp³-hybridized carbons (Fsp3) is 0.600. The van der Waals surface area contributed by atoms with Crippen molar-refractivity contribution in [2.75, 3.05) is 6.61 Å². The molecule has 0 bridgehead atoms. The van der Waals surface area contributed by atoms with Gasteiger partial charge in [-0.1, -0.05) is 77.3 Å². The molecule has 0 spiro atoms. The topological polar surface area (TPSA) is 35.5 Å². The van der Waals surface area contributed by atoms with Crippen LogP contribution in [0.15, 0.2) is 24.3 Å². The van der Waals surface area contributed by atoms with Crippen molar-refractivity contribution in [2.45, 2.75) is 71.1 Å². The number of benzene rings is 1. The molecule has 0 aliphatic heterocycles. The van der Waals surface area contributed by atoms with Crippen molar-refractivity contribution in [1.82, 2.24) is 0 Å². The molecule has 0 aromatic heterocycles. The molecule has 0 N–H and O–H groups in total. The van der Waals surface area contributed by atoms with E-state index in [4.69, 9.17) is 9.78 Å². The van der Waals surface area contributed by atoms with E-state index in [0.717, 1.165) is 32.1 Å². The third-order valence-electron chi connectivity index (χ3n) is 3.84. The highest BCUT2D eigenvalue weighted by Gasteiger charge is 2.07. The first kappa shape index (κ1) is 19.7. The molecule has 0 unspecified atom stereocenters. The Kier molecular flexibility index (Phi) is 11.2. The molecule has 0 amide bonds. The van der Waals surface area contributed by atoms with Crippen LogP contribution in [0, 0.1) is 6.92 Å². The van der Waals surface area contributed by atoms with Gasteiger partial charge in [0.15, 0.2) is 0 Å². The van der Waals surface area contributed by atoms with E-state index in [1.807, 2.05) is 12.1 Å². The molecular weight excluding hydrogens is 288 g/mol. The number of aryl methyl sites for hydroxylation is 1. The van der Waals surface area contributed by atoms with Crippen molar-refractivity contribution in [2.24, 2.45) is 0 Å². The minimum absolute atomic E-state index is 0.416. The summed E-state index contributed by atoms with van der Waals surface area (Å²) < 4.78 is 0. The Hall–Kier alpha value is -1.35. The van der Waals surface area contributed by atoms with Crippen molar-refractivity contribution in [3.8, 4) is 0 Å². The van der Waals surface area contributed by atoms with E-state index >= 15 is 0 Å². The average Bonchev–Trinajstić information content (AvgIpc) is 2.57. The summed E-state index contributed by atoms with van der Waals surface area (Å²) in [6.07, 6.45) is 11.5. The Morgan fingerprint density at radius 1 is 0.957 bits per heavy atom. The van der Waals surface area contributed by atoms with E-state index in [1.165, 1.54) is 37.7 Å². The summed E-state index contributed by atoms with van der Waals surface area (Å²) >= 11 is 0. The highest BCUT2D eigenvalue weighted by Crippen LogP contribution is 2.10. The second-order valence-electron chi connectivity index (χ2n) is 5.97. The second-order valence-corrected chi connectivity index (χ2v) is 5.97. The summed E-state index contributed by atoms with van der Waals surface area (Å²) in [6, 6.07) is 7.52. The van der Waals surface area contributed by atoms with Gasteiger partial charge < -0.3 is 0 Å². The highest BCUT2D eigenvalue weighted by molar-refractivity contribution is 5.88. The number of carbonyl (C=O) groups is 1. The van der Waals surface area contributed by atoms with Crippen LogP contribution in [0.3, 0.4) is 0 Å². The fourth-order valence-corrected chi connectivity index (χ4v) is 2.46. The quantitative estimate of drug-likeness (QED) is 0.266. The maximum atomic E-state index is 11.8. The van der Waals surface area contributed by atoms with Crippen molar-refractivity contribution < 1.29 is 14.6 Å². The minimum atomic E-state index is -0.416. The number of hydrogen-bond acceptors (Lipinski definition) is 3. The molecule has 0 saturated heterocycles. The molecule has 0 atom stereocenters. The summed E-state index contributed by atoms with van der Waals surface area (Å²) in [7, 11) is 0. The summed E-state index contributed by atoms with van der Waals surface area (Å²) in [5.41, 5.74) is 1.77. The molecule has 1 radical (unpaired) electrons. The monoisotopic (exact) mass is 319 g/mol. The molecule has 3 nitrogen and oxygen atoms in total. The second kappa shape index (κ2) is 13.1. The van der Waals surface area contributed by atoms with Crippen LogP contribution in [0.5, 0.6) is 0 Å². The normalized spacial score (nSPS) is 10.7. The van der Waals surface area contributed by atoms with Gasteiger partial charge in [0.1, 0.15) is 0 Å². The predicted octanol–water partition coefficient (Wildman–Crippen LogP) is 5.68. The van der Waals surface area contributed by atoms with Gasteiger partial charge in [-0.25, -0.2) is 4.79 Å². The zero-order valence-corrected chi connectivity index (χ0v) is 14.5. The first-order valence-electron chi connectivity index (χ1n) is 9.00. The van der Waals surface area contributed by atoms with Crippen LogP contribution >= 0.6 is 0 Å². The Balaban J connectivity index is 2.03. The maximum absolute atomic E-state index is 11.8. The molecule has 0 aliphatic rings. The summed E-state index contributed by atoms with van der Waals surface area (Å²) in [4.78, 5) is 21.7. The van der Waals surface area contributed by atoms with Gasteiger partial charge in [-0.2, -0.15) is 4.89 Å². The standard InChI is InChI=1S/C20H31O3/c1-3-5-6-7-8-9-10-11-17-22-23-20(21)19-15-13-18(12-4-2)14-16-19/h13-16H,1,3-12,17H2,2H3. The van der Waals surface area contributed by atoms with Crippen molar-refractivity contribution >= 4 is 5.97 Å². The van der Waals surface area contributed by atoms with Gasteiger partial charge in [0.2, 0.25) is 0 Å². The molecule has 1 rings (SSSR count). The van der Waals surface area contributed by atoms with Gasteiger partial charge in [0.05, 0.1) is 12.2 Å². The molecule has 1 aromatic carbocycles. The molecule has 1 aromatic rings. The lowest BCUT2D eigenvalue weighted by Crippen LogP contribution is -2.07. The number of hydrogen-bond donors (Lipinski definition) is 0. The Morgan fingerprint density at radius 2 is 1.57 bits per heavy atom. The van der Waals surface area contributed by atoms with Crippen molar-refractivity contribution in [3.05, 3.63) is 42.3 Å². The van der Waals surface area contributed by atoms with E-state index < -0.39 is 5.97 Å². The fourth-order valence-electron chi connectivity index (χ4n) is 2.46. The average molecular weight is 319 g/mol. The van der Waals surface area contributed by atoms with Crippen molar-refractivity contribution in [3.63, 3.8) is 0 Å². The van der Waals surface area contributed by atoms with Gasteiger partial charge >= 0.3 is 5.97 Å². The Bertz CT molecular complexity index is 411. The predicted molar refractivity (Wildman–Crippen MR) is 94.1 cm³/mol. The molecule has 129 valence electrons. The number of unbranched alkanes of at least 4 members (excludes halogenated alkanes) is 7. The van der Waals surface area contributed by atoms with Gasteiger partial charge in [-0.05, 0) is 30.5 Å². The lowest BCUT2D eigenvalue weighted by atomic mass is 10.1. The molecule has 23 heavy (non-hydrogen) atoms. The summed E-state index contributed by atoms with van der Waals surface area (Å²) in [5.74, 6) is -0.416. The number of carbonyl (C=O) groups excluding carboxylic acids is 1. The van der Waals surface area contributed by atoms with Crippen LogP contribution in [0.25, 0.3) is 0 Å². The van der Waals surface area contributed by atoms with E-state index in [2.05, 4.69) is 13.8 Å². The molecule has 0 saturated carbocycles. The summed E-state index contributed by atoms with van der Waals surface area (Å²) in [5, 5.41) is 0. The lowest BCUT2D eigenvalue weighted by Gasteiger charge is -2.05. The number of rotatable bonds is 13. The SMILES string of the molecule is [CH2]CCCCCCCCCOOC(=O)c1ccc(CCC)cc1. The van der Waals surface area contributed by atoms with E-state index in [-0.39, 0.29) is 0 Å². The van der Waals surface area contributed by atoms with E-state index in [9.17, 15) is 4.79 Å². The van der Waals surface area contributed by atoms with E-state index in [1.54, 1.807) is 12.1 Å². The third-order valence-corrected chi connectivity index (χ3v) is 3.84. The van der Waals surface area contributed by atoms with Crippen LogP contribution in [0.2, 0.25) is 0 Å². The minimum Gasteiger partial charge on any atom is -0.293 e. The smallest absolute Gasteiger partial charge is 0.293 e. The van der Waals surface area contributed by atoms with Crippen LogP contribution in [0.1, 0.15) is 80.6 Å². The Labute approximate surface area is 141 Å². The zero-order valence-electron chi connectivity index (χ0n) is 14.5. The molecule has 3 heteroatoms. The molecular formula is C20H31O3. The summed E-state index contributed by atoms with van der Waals surface area (Å²) in [6.45, 7) is 6.45. The molecule has 0 fully saturated rings. The van der Waals surface area contributed by atoms with Crippen molar-refractivity contribution in [1.29, 1.82) is 0 Å². The molecule has 0 aliphatic carbocycles. The molecule has 0 heterocycles. The van der Waals surface area contributed by atoms with Gasteiger partial charge in [0, 0.05) is 0 Å². The zero-order chi connectivity index (χ0) is 16.8. The lowest BCUT2D eigenvalue weighted by molar-refractivity contribution is -0.241. The van der Waals surface area contributed by atoms with E-state index in [0.29, 0.717) is 12.2 Å². The Morgan fingerprint density at radius 3 is 2.17 bits per heavy atom. The first-order chi connectivity index (χ1) is 11.3. The van der Waals surface area contributed by atoms with Crippen LogP contribution in [-0.4, -0.2) is 12.6 Å². The van der Waals surface area contributed by atoms with Gasteiger partial charge in [-0.3, -0.25) is 4.89 Å².